The van der Waals surface area contributed by atoms with Crippen molar-refractivity contribution in [2.24, 2.45) is 0 Å². The predicted molar refractivity (Wildman–Crippen MR) is 146 cm³/mol. The van der Waals surface area contributed by atoms with E-state index in [0.717, 1.165) is 47.7 Å². The molecule has 4 aromatic rings. The van der Waals surface area contributed by atoms with E-state index in [-0.39, 0.29) is 5.56 Å². The number of anilines is 1. The van der Waals surface area contributed by atoms with Gasteiger partial charge in [0.2, 0.25) is 0 Å². The highest BCUT2D eigenvalue weighted by molar-refractivity contribution is 5.84. The van der Waals surface area contributed by atoms with Gasteiger partial charge in [0.1, 0.15) is 11.6 Å². The molecule has 3 aromatic carbocycles. The van der Waals surface area contributed by atoms with E-state index >= 15 is 0 Å². The second-order valence-electron chi connectivity index (χ2n) is 8.53. The zero-order valence-corrected chi connectivity index (χ0v) is 21.0. The molecule has 2 heterocycles. The Kier molecular flexibility index (Phi) is 8.19. The first-order valence-corrected chi connectivity index (χ1v) is 12.8. The van der Waals surface area contributed by atoms with Crippen molar-refractivity contribution < 1.29 is 4.74 Å². The molecular formula is C30H35N3O2. The van der Waals surface area contributed by atoms with E-state index in [1.165, 1.54) is 19.3 Å². The molecule has 0 spiro atoms. The number of ether oxygens (including phenoxy) is 1. The van der Waals surface area contributed by atoms with Gasteiger partial charge in [0.25, 0.3) is 5.56 Å². The number of piperidine rings is 1. The van der Waals surface area contributed by atoms with Gasteiger partial charge in [-0.15, -0.1) is 0 Å². The van der Waals surface area contributed by atoms with E-state index in [1.54, 1.807) is 4.57 Å². The van der Waals surface area contributed by atoms with Gasteiger partial charge in [-0.05, 0) is 68.1 Å². The van der Waals surface area contributed by atoms with Crippen molar-refractivity contribution in [3.63, 3.8) is 0 Å². The Balaban J connectivity index is 0.00000141. The van der Waals surface area contributed by atoms with Crippen LogP contribution in [0.2, 0.25) is 0 Å². The third kappa shape index (κ3) is 5.40. The molecule has 1 aliphatic rings. The second-order valence-corrected chi connectivity index (χ2v) is 8.53. The van der Waals surface area contributed by atoms with Gasteiger partial charge in [0.15, 0.2) is 0 Å². The summed E-state index contributed by atoms with van der Waals surface area (Å²) in [6, 6.07) is 23.7. The Bertz CT molecular complexity index is 1290. The molecule has 0 unspecified atom stereocenters. The Morgan fingerprint density at radius 3 is 2.23 bits per heavy atom. The molecule has 0 atom stereocenters. The predicted octanol–water partition coefficient (Wildman–Crippen LogP) is 6.86. The van der Waals surface area contributed by atoms with Gasteiger partial charge < -0.3 is 9.64 Å². The van der Waals surface area contributed by atoms with Crippen molar-refractivity contribution >= 4 is 16.6 Å². The monoisotopic (exact) mass is 469 g/mol. The lowest BCUT2D eigenvalue weighted by Crippen LogP contribution is -2.29. The molecule has 5 heteroatoms. The smallest absolute Gasteiger partial charge is 0.266 e. The molecule has 5 nitrogen and oxygen atoms in total. The molecule has 1 saturated heterocycles. The molecule has 1 fully saturated rings. The molecule has 5 rings (SSSR count). The molecule has 0 amide bonds. The maximum absolute atomic E-state index is 13.9. The van der Waals surface area contributed by atoms with E-state index < -0.39 is 0 Å². The third-order valence-electron chi connectivity index (χ3n) is 6.17. The molecular weight excluding hydrogens is 434 g/mol. The average Bonchev–Trinajstić information content (AvgIpc) is 2.94. The molecule has 182 valence electrons. The minimum absolute atomic E-state index is 0.0556. The van der Waals surface area contributed by atoms with E-state index in [2.05, 4.69) is 17.9 Å². The lowest BCUT2D eigenvalue weighted by molar-refractivity contribution is 0.317. The Morgan fingerprint density at radius 1 is 0.857 bits per heavy atom. The number of aromatic nitrogens is 2. The normalized spacial score (nSPS) is 13.3. The van der Waals surface area contributed by atoms with Crippen molar-refractivity contribution in [1.29, 1.82) is 0 Å². The van der Waals surface area contributed by atoms with Crippen LogP contribution in [0.15, 0.2) is 77.6 Å². The quantitative estimate of drug-likeness (QED) is 0.310. The number of hydrogen-bond donors (Lipinski definition) is 0. The minimum atomic E-state index is -0.0556. The SMILES string of the molecule is CC.CCCOc1ccc(-n2c(-c3ccccc3)nc3ccc(N4CCCCC4)cc3c2=O)cc1. The van der Waals surface area contributed by atoms with Crippen molar-refractivity contribution in [1.82, 2.24) is 9.55 Å². The Morgan fingerprint density at radius 2 is 1.54 bits per heavy atom. The summed E-state index contributed by atoms with van der Waals surface area (Å²) in [6.45, 7) is 8.83. The fourth-order valence-corrected chi connectivity index (χ4v) is 4.45. The zero-order chi connectivity index (χ0) is 24.6. The maximum atomic E-state index is 13.9. The zero-order valence-electron chi connectivity index (χ0n) is 21.0. The van der Waals surface area contributed by atoms with E-state index in [0.29, 0.717) is 17.8 Å². The summed E-state index contributed by atoms with van der Waals surface area (Å²) in [7, 11) is 0. The fraction of sp³-hybridized carbons (Fsp3) is 0.333. The van der Waals surface area contributed by atoms with Gasteiger partial charge in [0.05, 0.1) is 23.2 Å². The lowest BCUT2D eigenvalue weighted by atomic mass is 10.1. The lowest BCUT2D eigenvalue weighted by Gasteiger charge is -2.29. The molecule has 0 N–H and O–H groups in total. The summed E-state index contributed by atoms with van der Waals surface area (Å²) >= 11 is 0. The number of fused-ring (bicyclic) bond motifs is 1. The minimum Gasteiger partial charge on any atom is -0.494 e. The average molecular weight is 470 g/mol. The van der Waals surface area contributed by atoms with Crippen LogP contribution < -0.4 is 15.2 Å². The van der Waals surface area contributed by atoms with Crippen LogP contribution in [0.3, 0.4) is 0 Å². The summed E-state index contributed by atoms with van der Waals surface area (Å²) in [5.74, 6) is 1.44. The van der Waals surface area contributed by atoms with Crippen LogP contribution in [0.5, 0.6) is 5.75 Å². The molecule has 1 aromatic heterocycles. The standard InChI is InChI=1S/C28H29N3O2.C2H6/c1-2-19-33-24-14-11-22(12-15-24)31-27(21-9-5-3-6-10-21)29-26-16-13-23(20-25(26)28(31)32)30-17-7-4-8-18-30;1-2/h3,5-6,9-16,20H,2,4,7-8,17-19H2,1H3;1-2H3. The van der Waals surface area contributed by atoms with Crippen molar-refractivity contribution in [2.45, 2.75) is 46.5 Å². The van der Waals surface area contributed by atoms with Gasteiger partial charge in [-0.2, -0.15) is 0 Å². The van der Waals surface area contributed by atoms with Crippen LogP contribution in [0, 0.1) is 0 Å². The summed E-state index contributed by atoms with van der Waals surface area (Å²) in [4.78, 5) is 21.2. The van der Waals surface area contributed by atoms with Crippen LogP contribution in [-0.4, -0.2) is 29.2 Å². The van der Waals surface area contributed by atoms with Gasteiger partial charge in [-0.1, -0.05) is 51.1 Å². The first-order valence-electron chi connectivity index (χ1n) is 12.8. The highest BCUT2D eigenvalue weighted by Crippen LogP contribution is 2.27. The first kappa shape index (κ1) is 24.5. The Hall–Kier alpha value is -3.60. The Labute approximate surface area is 208 Å². The summed E-state index contributed by atoms with van der Waals surface area (Å²) in [5, 5.41) is 0.643. The van der Waals surface area contributed by atoms with E-state index in [1.807, 2.05) is 80.6 Å². The number of rotatable bonds is 6. The van der Waals surface area contributed by atoms with Gasteiger partial charge in [-0.3, -0.25) is 9.36 Å². The summed E-state index contributed by atoms with van der Waals surface area (Å²) in [6.07, 6.45) is 4.62. The highest BCUT2D eigenvalue weighted by atomic mass is 16.5. The van der Waals surface area contributed by atoms with Crippen LogP contribution in [0.25, 0.3) is 28.0 Å². The second kappa shape index (κ2) is 11.7. The van der Waals surface area contributed by atoms with Crippen LogP contribution in [0.4, 0.5) is 5.69 Å². The molecule has 0 bridgehead atoms. The van der Waals surface area contributed by atoms with Crippen LogP contribution in [-0.2, 0) is 0 Å². The number of nitrogens with zero attached hydrogens (tertiary/aromatic N) is 3. The summed E-state index contributed by atoms with van der Waals surface area (Å²) < 4.78 is 7.46. The van der Waals surface area contributed by atoms with Gasteiger partial charge in [-0.25, -0.2) is 4.98 Å². The number of hydrogen-bond acceptors (Lipinski definition) is 4. The van der Waals surface area contributed by atoms with Gasteiger partial charge in [0, 0.05) is 24.3 Å². The van der Waals surface area contributed by atoms with Crippen molar-refractivity contribution in [2.75, 3.05) is 24.6 Å². The maximum Gasteiger partial charge on any atom is 0.266 e. The van der Waals surface area contributed by atoms with Crippen molar-refractivity contribution in [3.05, 3.63) is 83.2 Å². The molecule has 35 heavy (non-hydrogen) atoms. The molecule has 0 aliphatic carbocycles. The third-order valence-corrected chi connectivity index (χ3v) is 6.17. The van der Waals surface area contributed by atoms with Crippen LogP contribution in [0.1, 0.15) is 46.5 Å². The molecule has 1 aliphatic heterocycles. The first-order chi connectivity index (χ1) is 17.2. The summed E-state index contributed by atoms with van der Waals surface area (Å²) in [5.41, 5.74) is 3.45. The number of benzene rings is 3. The topological polar surface area (TPSA) is 47.4 Å². The highest BCUT2D eigenvalue weighted by Gasteiger charge is 2.17. The van der Waals surface area contributed by atoms with E-state index in [4.69, 9.17) is 9.72 Å². The largest absolute Gasteiger partial charge is 0.494 e. The van der Waals surface area contributed by atoms with E-state index in [9.17, 15) is 4.79 Å². The van der Waals surface area contributed by atoms with Crippen molar-refractivity contribution in [3.8, 4) is 22.8 Å². The van der Waals surface area contributed by atoms with Crippen LogP contribution >= 0.6 is 0 Å². The van der Waals surface area contributed by atoms with Gasteiger partial charge >= 0.3 is 0 Å². The molecule has 0 saturated carbocycles. The fourth-order valence-electron chi connectivity index (χ4n) is 4.45. The molecule has 0 radical (unpaired) electrons.